The zero-order valence-corrected chi connectivity index (χ0v) is 16.0. The Morgan fingerprint density at radius 3 is 2.66 bits per heavy atom. The lowest BCUT2D eigenvalue weighted by Gasteiger charge is -2.11. The second kappa shape index (κ2) is 7.67. The van der Waals surface area contributed by atoms with E-state index in [0.717, 1.165) is 16.8 Å². The number of para-hydroxylation sites is 1. The van der Waals surface area contributed by atoms with Crippen LogP contribution in [0.15, 0.2) is 73.3 Å². The van der Waals surface area contributed by atoms with Gasteiger partial charge in [-0.2, -0.15) is 0 Å². The Morgan fingerprint density at radius 1 is 1.03 bits per heavy atom. The van der Waals surface area contributed by atoms with Crippen molar-refractivity contribution >= 4 is 5.78 Å². The molecule has 4 rings (SSSR count). The molecule has 2 aromatic heterocycles. The molecule has 0 N–H and O–H groups in total. The second-order valence-corrected chi connectivity index (χ2v) is 6.58. The highest BCUT2D eigenvalue weighted by molar-refractivity contribution is 6.06. The fourth-order valence-corrected chi connectivity index (χ4v) is 3.15. The minimum Gasteiger partial charge on any atom is -0.493 e. The van der Waals surface area contributed by atoms with E-state index in [-0.39, 0.29) is 11.5 Å². The second-order valence-electron chi connectivity index (χ2n) is 6.58. The lowest BCUT2D eigenvalue weighted by Crippen LogP contribution is -2.04. The number of hydrogen-bond donors (Lipinski definition) is 0. The number of hydrogen-bond acceptors (Lipinski definition) is 4. The number of pyridine rings is 1. The maximum Gasteiger partial charge on any atom is 0.231 e. The number of carbonyl (C=O) groups excluding carboxylic acids is 1. The van der Waals surface area contributed by atoms with E-state index in [9.17, 15) is 9.18 Å². The molecule has 2 heterocycles. The highest BCUT2D eigenvalue weighted by Crippen LogP contribution is 2.33. The molecule has 0 aliphatic carbocycles. The van der Waals surface area contributed by atoms with E-state index in [0.29, 0.717) is 17.0 Å². The molecule has 0 aliphatic rings. The Morgan fingerprint density at radius 2 is 1.86 bits per heavy atom. The Kier molecular flexibility index (Phi) is 4.91. The van der Waals surface area contributed by atoms with Crippen LogP contribution < -0.4 is 4.74 Å². The van der Waals surface area contributed by atoms with Crippen molar-refractivity contribution in [1.29, 1.82) is 0 Å². The molecule has 0 saturated carbocycles. The largest absolute Gasteiger partial charge is 0.493 e. The highest BCUT2D eigenvalue weighted by Gasteiger charge is 2.15. The first kappa shape index (κ1) is 18.6. The van der Waals surface area contributed by atoms with E-state index in [2.05, 4.69) is 9.97 Å². The molecule has 144 valence electrons. The van der Waals surface area contributed by atoms with Crippen molar-refractivity contribution in [2.24, 2.45) is 0 Å². The average molecular weight is 387 g/mol. The summed E-state index contributed by atoms with van der Waals surface area (Å²) in [6.45, 7) is 1.91. The first-order valence-corrected chi connectivity index (χ1v) is 9.01. The molecule has 0 saturated heterocycles. The van der Waals surface area contributed by atoms with Crippen LogP contribution in [-0.4, -0.2) is 27.4 Å². The predicted molar refractivity (Wildman–Crippen MR) is 108 cm³/mol. The van der Waals surface area contributed by atoms with Crippen LogP contribution in [-0.2, 0) is 0 Å². The minimum atomic E-state index is -0.420. The molecule has 2 aromatic carbocycles. The van der Waals surface area contributed by atoms with E-state index < -0.39 is 5.82 Å². The van der Waals surface area contributed by atoms with E-state index in [1.54, 1.807) is 41.5 Å². The van der Waals surface area contributed by atoms with Gasteiger partial charge in [0.15, 0.2) is 11.6 Å². The van der Waals surface area contributed by atoms with E-state index in [1.807, 2.05) is 37.3 Å². The summed E-state index contributed by atoms with van der Waals surface area (Å²) in [7, 11) is 1.44. The standard InChI is InChI=1S/C23H18FN3O2/c1-15-9-10-25-20(11-15)22(28)21-13-27(14-26-21)17-6-3-5-16(12-17)18-7-4-8-19(24)23(18)29-2/h3-14H,1-2H3. The van der Waals surface area contributed by atoms with E-state index in [4.69, 9.17) is 4.74 Å². The van der Waals surface area contributed by atoms with Gasteiger partial charge in [0.2, 0.25) is 5.78 Å². The van der Waals surface area contributed by atoms with Crippen molar-refractivity contribution in [3.8, 4) is 22.6 Å². The van der Waals surface area contributed by atoms with Crippen LogP contribution in [0.4, 0.5) is 4.39 Å². The summed E-state index contributed by atoms with van der Waals surface area (Å²) < 4.78 is 21.0. The Bertz CT molecular complexity index is 1200. The van der Waals surface area contributed by atoms with Crippen molar-refractivity contribution in [2.75, 3.05) is 7.11 Å². The van der Waals surface area contributed by atoms with Crippen molar-refractivity contribution in [1.82, 2.24) is 14.5 Å². The number of carbonyl (C=O) groups is 1. The number of nitrogens with zero attached hydrogens (tertiary/aromatic N) is 3. The van der Waals surface area contributed by atoms with Crippen LogP contribution >= 0.6 is 0 Å². The zero-order valence-electron chi connectivity index (χ0n) is 16.0. The van der Waals surface area contributed by atoms with Gasteiger partial charge >= 0.3 is 0 Å². The van der Waals surface area contributed by atoms with Crippen molar-refractivity contribution in [3.05, 3.63) is 96.1 Å². The van der Waals surface area contributed by atoms with Gasteiger partial charge in [-0.05, 0) is 48.4 Å². The Labute approximate surface area is 167 Å². The molecule has 0 fully saturated rings. The lowest BCUT2D eigenvalue weighted by molar-refractivity contribution is 0.103. The molecule has 0 amide bonds. The molecule has 29 heavy (non-hydrogen) atoms. The summed E-state index contributed by atoms with van der Waals surface area (Å²) in [6.07, 6.45) is 4.84. The highest BCUT2D eigenvalue weighted by atomic mass is 19.1. The molecule has 0 unspecified atom stereocenters. The molecule has 0 radical (unpaired) electrons. The summed E-state index contributed by atoms with van der Waals surface area (Å²) in [4.78, 5) is 21.0. The van der Waals surface area contributed by atoms with Crippen LogP contribution in [0.3, 0.4) is 0 Å². The number of rotatable bonds is 5. The van der Waals surface area contributed by atoms with Gasteiger partial charge in [-0.1, -0.05) is 24.3 Å². The number of benzene rings is 2. The Balaban J connectivity index is 1.68. The fraction of sp³-hybridized carbons (Fsp3) is 0.0870. The van der Waals surface area contributed by atoms with Gasteiger partial charge in [0.25, 0.3) is 0 Å². The van der Waals surface area contributed by atoms with Gasteiger partial charge in [0, 0.05) is 23.6 Å². The number of ether oxygens (including phenoxy) is 1. The third-order valence-corrected chi connectivity index (χ3v) is 4.59. The third kappa shape index (κ3) is 3.65. The molecule has 0 atom stereocenters. The minimum absolute atomic E-state index is 0.191. The summed E-state index contributed by atoms with van der Waals surface area (Å²) in [5, 5.41) is 0. The third-order valence-electron chi connectivity index (χ3n) is 4.59. The first-order valence-electron chi connectivity index (χ1n) is 9.01. The summed E-state index contributed by atoms with van der Waals surface area (Å²) >= 11 is 0. The summed E-state index contributed by atoms with van der Waals surface area (Å²) in [5.41, 5.74) is 3.85. The molecule has 6 heteroatoms. The zero-order chi connectivity index (χ0) is 20.4. The topological polar surface area (TPSA) is 57.0 Å². The fourth-order valence-electron chi connectivity index (χ4n) is 3.15. The van der Waals surface area contributed by atoms with Crippen LogP contribution in [0.25, 0.3) is 16.8 Å². The molecule has 0 spiro atoms. The van der Waals surface area contributed by atoms with Gasteiger partial charge in [-0.3, -0.25) is 9.78 Å². The quantitative estimate of drug-likeness (QED) is 0.469. The van der Waals surface area contributed by atoms with E-state index in [1.165, 1.54) is 13.2 Å². The Hall–Kier alpha value is -3.80. The number of methoxy groups -OCH3 is 1. The number of imidazole rings is 1. The van der Waals surface area contributed by atoms with Crippen molar-refractivity contribution in [2.45, 2.75) is 6.92 Å². The smallest absolute Gasteiger partial charge is 0.231 e. The van der Waals surface area contributed by atoms with Crippen LogP contribution in [0.2, 0.25) is 0 Å². The molecular weight excluding hydrogens is 369 g/mol. The number of aromatic nitrogens is 3. The first-order chi connectivity index (χ1) is 14.1. The molecular formula is C23H18FN3O2. The van der Waals surface area contributed by atoms with Gasteiger partial charge in [0.05, 0.1) is 7.11 Å². The van der Waals surface area contributed by atoms with E-state index >= 15 is 0 Å². The average Bonchev–Trinajstić information content (AvgIpc) is 3.23. The molecule has 4 aromatic rings. The lowest BCUT2D eigenvalue weighted by atomic mass is 10.0. The maximum atomic E-state index is 14.1. The maximum absolute atomic E-state index is 14.1. The summed E-state index contributed by atoms with van der Waals surface area (Å²) in [5.74, 6) is -0.469. The number of aryl methyl sites for hydroxylation is 1. The monoisotopic (exact) mass is 387 g/mol. The molecule has 5 nitrogen and oxygen atoms in total. The number of halogens is 1. The van der Waals surface area contributed by atoms with Gasteiger partial charge in [0.1, 0.15) is 17.7 Å². The number of ketones is 1. The van der Waals surface area contributed by atoms with Gasteiger partial charge in [-0.15, -0.1) is 0 Å². The van der Waals surface area contributed by atoms with Gasteiger partial charge in [-0.25, -0.2) is 9.37 Å². The van der Waals surface area contributed by atoms with Gasteiger partial charge < -0.3 is 9.30 Å². The van der Waals surface area contributed by atoms with Crippen LogP contribution in [0.5, 0.6) is 5.75 Å². The van der Waals surface area contributed by atoms with Crippen molar-refractivity contribution < 1.29 is 13.9 Å². The molecule has 0 bridgehead atoms. The molecule has 0 aliphatic heterocycles. The normalized spacial score (nSPS) is 10.7. The summed E-state index contributed by atoms with van der Waals surface area (Å²) in [6, 6.07) is 15.9. The SMILES string of the molecule is COc1c(F)cccc1-c1cccc(-n2cnc(C(=O)c3cc(C)ccn3)c2)c1. The van der Waals surface area contributed by atoms with Crippen LogP contribution in [0.1, 0.15) is 21.7 Å². The predicted octanol–water partition coefficient (Wildman–Crippen LogP) is 4.62. The van der Waals surface area contributed by atoms with Crippen LogP contribution in [0, 0.1) is 12.7 Å². The van der Waals surface area contributed by atoms with Crippen molar-refractivity contribution in [3.63, 3.8) is 0 Å².